The van der Waals surface area contributed by atoms with Crippen LogP contribution in [0.1, 0.15) is 38.8 Å². The maximum Gasteiger partial charge on any atom is 0.278 e. The quantitative estimate of drug-likeness (QED) is 0.324. The zero-order valence-electron chi connectivity index (χ0n) is 19.2. The van der Waals surface area contributed by atoms with Crippen LogP contribution in [0, 0.1) is 0 Å². The molecule has 0 fully saturated rings. The smallest absolute Gasteiger partial charge is 0.278 e. The van der Waals surface area contributed by atoms with E-state index in [9.17, 15) is 19.2 Å². The SMILES string of the molecule is CC(=O)c1ccc(NC(=O)c2ccc(CNC3=C(Cl)C(=O)N(Cc4ccc(Cl)cc4)C3=O)cc2)cc1. The van der Waals surface area contributed by atoms with E-state index in [1.165, 1.54) is 6.92 Å². The molecule has 36 heavy (non-hydrogen) atoms. The molecular weight excluding hydrogens is 501 g/mol. The summed E-state index contributed by atoms with van der Waals surface area (Å²) in [6.45, 7) is 1.79. The van der Waals surface area contributed by atoms with Crippen molar-refractivity contribution in [2.24, 2.45) is 0 Å². The van der Waals surface area contributed by atoms with E-state index in [0.717, 1.165) is 16.0 Å². The van der Waals surface area contributed by atoms with Crippen LogP contribution in [-0.2, 0) is 22.7 Å². The van der Waals surface area contributed by atoms with E-state index in [0.29, 0.717) is 21.8 Å². The molecule has 0 aliphatic carbocycles. The van der Waals surface area contributed by atoms with Gasteiger partial charge in [0.1, 0.15) is 10.7 Å². The zero-order chi connectivity index (χ0) is 25.8. The molecule has 182 valence electrons. The maximum absolute atomic E-state index is 12.8. The second kappa shape index (κ2) is 10.8. The number of carbonyl (C=O) groups is 4. The van der Waals surface area contributed by atoms with Crippen LogP contribution in [0.25, 0.3) is 0 Å². The average Bonchev–Trinajstić information content (AvgIpc) is 3.07. The van der Waals surface area contributed by atoms with Crippen molar-refractivity contribution >= 4 is 52.4 Å². The molecule has 0 saturated heterocycles. The Labute approximate surface area is 217 Å². The predicted octanol–water partition coefficient (Wildman–Crippen LogP) is 4.90. The van der Waals surface area contributed by atoms with Crippen LogP contribution < -0.4 is 10.6 Å². The number of anilines is 1. The lowest BCUT2D eigenvalue weighted by molar-refractivity contribution is -0.138. The van der Waals surface area contributed by atoms with Crippen LogP contribution in [-0.4, -0.2) is 28.4 Å². The summed E-state index contributed by atoms with van der Waals surface area (Å²) < 4.78 is 0. The van der Waals surface area contributed by atoms with Gasteiger partial charge in [-0.1, -0.05) is 47.5 Å². The molecule has 3 amide bonds. The topological polar surface area (TPSA) is 95.6 Å². The summed E-state index contributed by atoms with van der Waals surface area (Å²) in [4.78, 5) is 50.3. The van der Waals surface area contributed by atoms with Gasteiger partial charge in [0.15, 0.2) is 5.78 Å². The molecule has 0 spiro atoms. The summed E-state index contributed by atoms with van der Waals surface area (Å²) in [7, 11) is 0. The fraction of sp³-hybridized carbons (Fsp3) is 0.111. The Morgan fingerprint density at radius 1 is 0.778 bits per heavy atom. The van der Waals surface area contributed by atoms with E-state index in [4.69, 9.17) is 23.2 Å². The van der Waals surface area contributed by atoms with Gasteiger partial charge in [-0.25, -0.2) is 0 Å². The number of ketones is 1. The van der Waals surface area contributed by atoms with Crippen molar-refractivity contribution in [3.05, 3.63) is 111 Å². The molecule has 0 radical (unpaired) electrons. The highest BCUT2D eigenvalue weighted by Crippen LogP contribution is 2.25. The predicted molar refractivity (Wildman–Crippen MR) is 138 cm³/mol. The van der Waals surface area contributed by atoms with Crippen molar-refractivity contribution in [2.45, 2.75) is 20.0 Å². The molecule has 0 bridgehead atoms. The summed E-state index contributed by atoms with van der Waals surface area (Å²) in [5.74, 6) is -1.42. The summed E-state index contributed by atoms with van der Waals surface area (Å²) in [5, 5.41) is 6.11. The van der Waals surface area contributed by atoms with Crippen LogP contribution >= 0.6 is 23.2 Å². The van der Waals surface area contributed by atoms with Crippen molar-refractivity contribution < 1.29 is 19.2 Å². The van der Waals surface area contributed by atoms with E-state index >= 15 is 0 Å². The number of carbonyl (C=O) groups excluding carboxylic acids is 4. The van der Waals surface area contributed by atoms with Gasteiger partial charge in [0.05, 0.1) is 6.54 Å². The van der Waals surface area contributed by atoms with E-state index in [1.54, 1.807) is 72.8 Å². The number of rotatable bonds is 8. The van der Waals surface area contributed by atoms with Crippen molar-refractivity contribution in [3.8, 4) is 0 Å². The third-order valence-electron chi connectivity index (χ3n) is 5.60. The van der Waals surface area contributed by atoms with Gasteiger partial charge in [-0.2, -0.15) is 0 Å². The van der Waals surface area contributed by atoms with Crippen molar-refractivity contribution in [3.63, 3.8) is 0 Å². The number of benzene rings is 3. The van der Waals surface area contributed by atoms with Gasteiger partial charge in [-0.15, -0.1) is 0 Å². The minimum atomic E-state index is -0.567. The molecule has 4 rings (SSSR count). The molecule has 0 atom stereocenters. The van der Waals surface area contributed by atoms with Gasteiger partial charge in [-0.3, -0.25) is 24.1 Å². The second-order valence-electron chi connectivity index (χ2n) is 8.15. The highest BCUT2D eigenvalue weighted by atomic mass is 35.5. The zero-order valence-corrected chi connectivity index (χ0v) is 20.7. The Kier molecular flexibility index (Phi) is 7.52. The highest BCUT2D eigenvalue weighted by molar-refractivity contribution is 6.47. The Morgan fingerprint density at radius 3 is 1.97 bits per heavy atom. The third-order valence-corrected chi connectivity index (χ3v) is 6.20. The van der Waals surface area contributed by atoms with Gasteiger partial charge in [0, 0.05) is 28.4 Å². The molecule has 7 nitrogen and oxygen atoms in total. The first-order valence-corrected chi connectivity index (χ1v) is 11.7. The molecule has 2 N–H and O–H groups in total. The fourth-order valence-electron chi connectivity index (χ4n) is 3.57. The Bertz CT molecular complexity index is 1370. The lowest BCUT2D eigenvalue weighted by atomic mass is 10.1. The summed E-state index contributed by atoms with van der Waals surface area (Å²) >= 11 is 12.0. The van der Waals surface area contributed by atoms with Crippen LogP contribution in [0.3, 0.4) is 0 Å². The summed E-state index contributed by atoms with van der Waals surface area (Å²) in [6, 6.07) is 20.3. The molecular formula is C27H21Cl2N3O4. The first-order valence-electron chi connectivity index (χ1n) is 11.0. The first-order chi connectivity index (χ1) is 17.2. The minimum absolute atomic E-state index is 0.0338. The van der Waals surface area contributed by atoms with E-state index in [1.807, 2.05) is 0 Å². The lowest BCUT2D eigenvalue weighted by Gasteiger charge is -2.15. The normalized spacial score (nSPS) is 13.2. The van der Waals surface area contributed by atoms with Gasteiger partial charge in [0.25, 0.3) is 17.7 Å². The maximum atomic E-state index is 12.8. The van der Waals surface area contributed by atoms with Gasteiger partial charge < -0.3 is 10.6 Å². The van der Waals surface area contributed by atoms with Crippen molar-refractivity contribution in [2.75, 3.05) is 5.32 Å². The standard InChI is InChI=1S/C27H21Cl2N3O4/c1-16(33)19-8-12-22(13-9-19)31-25(34)20-6-2-17(3-7-20)14-30-24-23(29)26(35)32(27(24)36)15-18-4-10-21(28)11-5-18/h2-13,30H,14-15H2,1H3,(H,31,34). The van der Waals surface area contributed by atoms with Gasteiger partial charge in [0.2, 0.25) is 0 Å². The fourth-order valence-corrected chi connectivity index (χ4v) is 3.95. The Balaban J connectivity index is 1.35. The third kappa shape index (κ3) is 5.64. The molecule has 1 aliphatic heterocycles. The molecule has 0 unspecified atom stereocenters. The summed E-state index contributed by atoms with van der Waals surface area (Å²) in [5.41, 5.74) is 3.14. The van der Waals surface area contributed by atoms with Gasteiger partial charge >= 0.3 is 0 Å². The van der Waals surface area contributed by atoms with E-state index in [-0.39, 0.29) is 35.5 Å². The molecule has 0 saturated carbocycles. The monoisotopic (exact) mass is 521 g/mol. The second-order valence-corrected chi connectivity index (χ2v) is 8.96. The molecule has 3 aromatic carbocycles. The largest absolute Gasteiger partial charge is 0.375 e. The van der Waals surface area contributed by atoms with Crippen LogP contribution in [0.5, 0.6) is 0 Å². The molecule has 9 heteroatoms. The van der Waals surface area contributed by atoms with E-state index in [2.05, 4.69) is 10.6 Å². The lowest BCUT2D eigenvalue weighted by Crippen LogP contribution is -2.33. The number of amides is 3. The van der Waals surface area contributed by atoms with Crippen molar-refractivity contribution in [1.29, 1.82) is 0 Å². The molecule has 3 aromatic rings. The van der Waals surface area contributed by atoms with Crippen LogP contribution in [0.15, 0.2) is 83.5 Å². The van der Waals surface area contributed by atoms with Gasteiger partial charge in [-0.05, 0) is 66.6 Å². The van der Waals surface area contributed by atoms with Crippen molar-refractivity contribution in [1.82, 2.24) is 10.2 Å². The van der Waals surface area contributed by atoms with E-state index < -0.39 is 11.8 Å². The minimum Gasteiger partial charge on any atom is -0.375 e. The number of hydrogen-bond donors (Lipinski definition) is 2. The molecule has 1 aliphatic rings. The van der Waals surface area contributed by atoms with Crippen LogP contribution in [0.4, 0.5) is 5.69 Å². The number of hydrogen-bond acceptors (Lipinski definition) is 5. The summed E-state index contributed by atoms with van der Waals surface area (Å²) in [6.07, 6.45) is 0. The molecule has 0 aromatic heterocycles. The Morgan fingerprint density at radius 2 is 1.36 bits per heavy atom. The number of nitrogens with one attached hydrogen (secondary N) is 2. The molecule has 1 heterocycles. The first kappa shape index (κ1) is 25.2. The number of imide groups is 1. The number of Topliss-reactive ketones (excluding diaryl/α,β-unsaturated/α-hetero) is 1. The Hall–Kier alpha value is -3.94. The average molecular weight is 522 g/mol. The highest BCUT2D eigenvalue weighted by Gasteiger charge is 2.37. The number of halogens is 2. The van der Waals surface area contributed by atoms with Crippen LogP contribution in [0.2, 0.25) is 5.02 Å². The number of nitrogens with zero attached hydrogens (tertiary/aromatic N) is 1.